The van der Waals surface area contributed by atoms with E-state index in [9.17, 15) is 14.0 Å². The smallest absolute Gasteiger partial charge is 0.263 e. The number of imide groups is 1. The summed E-state index contributed by atoms with van der Waals surface area (Å²) in [7, 11) is 0. The van der Waals surface area contributed by atoms with Crippen LogP contribution in [0, 0.1) is 5.82 Å². The lowest BCUT2D eigenvalue weighted by Crippen LogP contribution is -2.32. The zero-order chi connectivity index (χ0) is 11.7. The molecule has 2 amide bonds. The van der Waals surface area contributed by atoms with Gasteiger partial charge < -0.3 is 0 Å². The number of nitrogens with zero attached hydrogens (tertiary/aromatic N) is 1. The summed E-state index contributed by atoms with van der Waals surface area (Å²) in [4.78, 5) is 24.3. The average molecular weight is 286 g/mol. The van der Waals surface area contributed by atoms with Crippen molar-refractivity contribution in [3.8, 4) is 0 Å². The molecule has 0 aliphatic carbocycles. The highest BCUT2D eigenvalue weighted by Crippen LogP contribution is 2.19. The summed E-state index contributed by atoms with van der Waals surface area (Å²) in [5, 5.41) is 0. The standard InChI is InChI=1S/C11H9BrFNO2/c12-7-3-4-8(9(13)6-7)11(16)14-5-1-2-10(14)15/h3-4,6H,1-2,5H2. The third-order valence-corrected chi connectivity index (χ3v) is 2.97. The van der Waals surface area contributed by atoms with Crippen molar-refractivity contribution in [2.75, 3.05) is 6.54 Å². The number of halogens is 2. The molecule has 1 saturated heterocycles. The van der Waals surface area contributed by atoms with E-state index < -0.39 is 11.7 Å². The highest BCUT2D eigenvalue weighted by Gasteiger charge is 2.28. The quantitative estimate of drug-likeness (QED) is 0.743. The highest BCUT2D eigenvalue weighted by molar-refractivity contribution is 9.10. The van der Waals surface area contributed by atoms with Crippen LogP contribution in [0.15, 0.2) is 22.7 Å². The molecule has 1 fully saturated rings. The van der Waals surface area contributed by atoms with Crippen LogP contribution in [0.5, 0.6) is 0 Å². The maximum Gasteiger partial charge on any atom is 0.263 e. The number of carbonyl (C=O) groups excluding carboxylic acids is 2. The van der Waals surface area contributed by atoms with E-state index in [-0.39, 0.29) is 11.5 Å². The number of rotatable bonds is 1. The fourth-order valence-electron chi connectivity index (χ4n) is 1.67. The molecule has 1 aromatic carbocycles. The molecule has 0 aromatic heterocycles. The van der Waals surface area contributed by atoms with Gasteiger partial charge in [0, 0.05) is 17.4 Å². The van der Waals surface area contributed by atoms with Crippen LogP contribution in [0.1, 0.15) is 23.2 Å². The van der Waals surface area contributed by atoms with Gasteiger partial charge in [0.05, 0.1) is 5.56 Å². The fourth-order valence-corrected chi connectivity index (χ4v) is 2.00. The molecule has 0 saturated carbocycles. The first kappa shape index (κ1) is 11.3. The molecule has 16 heavy (non-hydrogen) atoms. The maximum atomic E-state index is 13.5. The fraction of sp³-hybridized carbons (Fsp3) is 0.273. The van der Waals surface area contributed by atoms with Crippen molar-refractivity contribution >= 4 is 27.7 Å². The summed E-state index contributed by atoms with van der Waals surface area (Å²) in [6, 6.07) is 4.18. The Morgan fingerprint density at radius 3 is 2.75 bits per heavy atom. The minimum absolute atomic E-state index is 0.0570. The lowest BCUT2D eigenvalue weighted by atomic mass is 10.2. The van der Waals surface area contributed by atoms with Gasteiger partial charge in [0.2, 0.25) is 5.91 Å². The van der Waals surface area contributed by atoms with Crippen molar-refractivity contribution in [2.45, 2.75) is 12.8 Å². The van der Waals surface area contributed by atoms with Crippen molar-refractivity contribution < 1.29 is 14.0 Å². The van der Waals surface area contributed by atoms with Crippen molar-refractivity contribution in [3.63, 3.8) is 0 Å². The van der Waals surface area contributed by atoms with Gasteiger partial charge in [-0.15, -0.1) is 0 Å². The van der Waals surface area contributed by atoms with Gasteiger partial charge in [0.1, 0.15) is 5.82 Å². The Morgan fingerprint density at radius 2 is 2.19 bits per heavy atom. The molecule has 1 heterocycles. The van der Waals surface area contributed by atoms with E-state index in [0.717, 1.165) is 4.90 Å². The van der Waals surface area contributed by atoms with Crippen LogP contribution in [-0.4, -0.2) is 23.3 Å². The van der Waals surface area contributed by atoms with E-state index in [4.69, 9.17) is 0 Å². The van der Waals surface area contributed by atoms with Crippen LogP contribution in [0.25, 0.3) is 0 Å². The van der Waals surface area contributed by atoms with Crippen molar-refractivity contribution in [1.82, 2.24) is 4.90 Å². The molecular weight excluding hydrogens is 277 g/mol. The van der Waals surface area contributed by atoms with E-state index in [2.05, 4.69) is 15.9 Å². The molecule has 2 rings (SSSR count). The first-order valence-corrected chi connectivity index (χ1v) is 5.68. The molecule has 84 valence electrons. The summed E-state index contributed by atoms with van der Waals surface area (Å²) in [6.45, 7) is 0.382. The Kier molecular flexibility index (Phi) is 3.05. The lowest BCUT2D eigenvalue weighted by Gasteiger charge is -2.13. The Balaban J connectivity index is 2.30. The average Bonchev–Trinajstić information content (AvgIpc) is 2.63. The number of carbonyl (C=O) groups is 2. The van der Waals surface area contributed by atoms with Crippen LogP contribution in [0.4, 0.5) is 4.39 Å². The first-order chi connectivity index (χ1) is 7.59. The molecule has 0 atom stereocenters. The van der Waals surface area contributed by atoms with E-state index in [1.165, 1.54) is 12.1 Å². The highest BCUT2D eigenvalue weighted by atomic mass is 79.9. The molecule has 1 aliphatic heterocycles. The predicted octanol–water partition coefficient (Wildman–Crippen LogP) is 2.35. The van der Waals surface area contributed by atoms with Crippen molar-refractivity contribution in [1.29, 1.82) is 0 Å². The van der Waals surface area contributed by atoms with Gasteiger partial charge in [-0.3, -0.25) is 14.5 Å². The lowest BCUT2D eigenvalue weighted by molar-refractivity contribution is -0.125. The molecule has 1 aliphatic rings. The van der Waals surface area contributed by atoms with E-state index in [0.29, 0.717) is 23.9 Å². The van der Waals surface area contributed by atoms with Gasteiger partial charge in [0.25, 0.3) is 5.91 Å². The van der Waals surface area contributed by atoms with E-state index >= 15 is 0 Å². The number of benzene rings is 1. The first-order valence-electron chi connectivity index (χ1n) is 4.89. The van der Waals surface area contributed by atoms with Crippen LogP contribution < -0.4 is 0 Å². The molecule has 0 bridgehead atoms. The zero-order valence-corrected chi connectivity index (χ0v) is 9.96. The Bertz CT molecular complexity index is 461. The van der Waals surface area contributed by atoms with E-state index in [1.54, 1.807) is 6.07 Å². The van der Waals surface area contributed by atoms with Gasteiger partial charge in [-0.1, -0.05) is 15.9 Å². The molecule has 1 aromatic rings. The van der Waals surface area contributed by atoms with Crippen molar-refractivity contribution in [2.24, 2.45) is 0 Å². The summed E-state index contributed by atoms with van der Waals surface area (Å²) >= 11 is 3.11. The maximum absolute atomic E-state index is 13.5. The second-order valence-corrected chi connectivity index (χ2v) is 4.49. The molecule has 0 spiro atoms. The Morgan fingerprint density at radius 1 is 1.44 bits per heavy atom. The van der Waals surface area contributed by atoms with Crippen molar-refractivity contribution in [3.05, 3.63) is 34.1 Å². The third-order valence-electron chi connectivity index (χ3n) is 2.48. The SMILES string of the molecule is O=C1CCCN1C(=O)c1ccc(Br)cc1F. The van der Waals surface area contributed by atoms with E-state index in [1.807, 2.05) is 0 Å². The largest absolute Gasteiger partial charge is 0.278 e. The van der Waals surface area contributed by atoms with Gasteiger partial charge in [0.15, 0.2) is 0 Å². The Labute approximate surface area is 100 Å². The Hall–Kier alpha value is -1.23. The second-order valence-electron chi connectivity index (χ2n) is 3.58. The minimum atomic E-state index is -0.612. The van der Waals surface area contributed by atoms with Crippen LogP contribution in [-0.2, 0) is 4.79 Å². The molecule has 0 unspecified atom stereocenters. The summed E-state index contributed by atoms with van der Waals surface area (Å²) < 4.78 is 14.1. The zero-order valence-electron chi connectivity index (χ0n) is 8.37. The molecule has 0 N–H and O–H groups in total. The summed E-state index contributed by atoms with van der Waals surface area (Å²) in [6.07, 6.45) is 1.02. The normalized spacial score (nSPS) is 15.6. The van der Waals surface area contributed by atoms with Gasteiger partial charge in [-0.2, -0.15) is 0 Å². The predicted molar refractivity (Wildman–Crippen MR) is 59.4 cm³/mol. The van der Waals surface area contributed by atoms with Crippen LogP contribution in [0.3, 0.4) is 0 Å². The molecule has 5 heteroatoms. The number of amides is 2. The van der Waals surface area contributed by atoms with Gasteiger partial charge >= 0.3 is 0 Å². The number of likely N-dealkylation sites (tertiary alicyclic amines) is 1. The third kappa shape index (κ3) is 2.00. The number of hydrogen-bond acceptors (Lipinski definition) is 2. The summed E-state index contributed by atoms with van der Waals surface area (Å²) in [5.41, 5.74) is -0.0570. The van der Waals surface area contributed by atoms with Gasteiger partial charge in [-0.25, -0.2) is 4.39 Å². The molecule has 3 nitrogen and oxygen atoms in total. The second kappa shape index (κ2) is 4.33. The molecular formula is C11H9BrFNO2. The topological polar surface area (TPSA) is 37.4 Å². The molecule has 0 radical (unpaired) electrons. The minimum Gasteiger partial charge on any atom is -0.278 e. The number of hydrogen-bond donors (Lipinski definition) is 0. The monoisotopic (exact) mass is 285 g/mol. The summed E-state index contributed by atoms with van der Waals surface area (Å²) in [5.74, 6) is -1.39. The van der Waals surface area contributed by atoms with Crippen LogP contribution >= 0.6 is 15.9 Å². The van der Waals surface area contributed by atoms with Crippen LogP contribution in [0.2, 0.25) is 0 Å². The van der Waals surface area contributed by atoms with Gasteiger partial charge in [-0.05, 0) is 24.6 Å².